The second-order valence-electron chi connectivity index (χ2n) is 4.83. The maximum atomic E-state index is 12.4. The molecule has 108 valence electrons. The van der Waals surface area contributed by atoms with Crippen molar-refractivity contribution in [2.45, 2.75) is 25.8 Å². The van der Waals surface area contributed by atoms with Crippen molar-refractivity contribution in [3.05, 3.63) is 34.2 Å². The Morgan fingerprint density at radius 2 is 2.15 bits per heavy atom. The number of nitrogens with zero attached hydrogens (tertiary/aromatic N) is 2. The van der Waals surface area contributed by atoms with Crippen LogP contribution in [0.1, 0.15) is 30.1 Å². The van der Waals surface area contributed by atoms with Crippen LogP contribution in [-0.2, 0) is 16.6 Å². The van der Waals surface area contributed by atoms with Crippen molar-refractivity contribution in [2.75, 3.05) is 13.2 Å². The summed E-state index contributed by atoms with van der Waals surface area (Å²) in [6, 6.07) is 2.96. The average molecular weight is 278 g/mol. The molecule has 0 spiro atoms. The van der Waals surface area contributed by atoms with E-state index in [1.807, 2.05) is 0 Å². The van der Waals surface area contributed by atoms with Gasteiger partial charge >= 0.3 is 5.97 Å². The zero-order chi connectivity index (χ0) is 14.7. The number of aromatic nitrogens is 1. The van der Waals surface area contributed by atoms with Gasteiger partial charge in [0.1, 0.15) is 6.54 Å². The molecule has 6 heteroatoms. The monoisotopic (exact) mass is 278 g/mol. The molecule has 1 fully saturated rings. The van der Waals surface area contributed by atoms with Crippen molar-refractivity contribution in [3.8, 4) is 0 Å². The summed E-state index contributed by atoms with van der Waals surface area (Å²) in [5.74, 6) is -0.713. The molecular weight excluding hydrogens is 260 g/mol. The zero-order valence-corrected chi connectivity index (χ0v) is 11.7. The lowest BCUT2D eigenvalue weighted by atomic mass is 10.2. The molecule has 1 aliphatic rings. The molecule has 0 saturated heterocycles. The van der Waals surface area contributed by atoms with E-state index in [0.29, 0.717) is 5.56 Å². The summed E-state index contributed by atoms with van der Waals surface area (Å²) < 4.78 is 6.27. The fraction of sp³-hybridized carbons (Fsp3) is 0.500. The molecule has 0 radical (unpaired) electrons. The van der Waals surface area contributed by atoms with Gasteiger partial charge in [-0.05, 0) is 25.8 Å². The number of amides is 1. The second kappa shape index (κ2) is 5.90. The normalized spacial score (nSPS) is 13.9. The van der Waals surface area contributed by atoms with Gasteiger partial charge in [-0.3, -0.25) is 14.4 Å². The smallest absolute Gasteiger partial charge is 0.325 e. The number of aryl methyl sites for hydroxylation is 1. The van der Waals surface area contributed by atoms with E-state index in [9.17, 15) is 14.4 Å². The summed E-state index contributed by atoms with van der Waals surface area (Å²) in [4.78, 5) is 37.0. The van der Waals surface area contributed by atoms with Crippen LogP contribution in [0.25, 0.3) is 0 Å². The average Bonchev–Trinajstić information content (AvgIpc) is 3.23. The van der Waals surface area contributed by atoms with Crippen molar-refractivity contribution in [1.29, 1.82) is 0 Å². The van der Waals surface area contributed by atoms with E-state index >= 15 is 0 Å². The Morgan fingerprint density at radius 1 is 1.45 bits per heavy atom. The molecule has 1 saturated carbocycles. The van der Waals surface area contributed by atoms with E-state index in [2.05, 4.69) is 0 Å². The predicted octanol–water partition coefficient (Wildman–Crippen LogP) is 0.553. The Kier molecular flexibility index (Phi) is 4.22. The van der Waals surface area contributed by atoms with Gasteiger partial charge in [0.25, 0.3) is 11.5 Å². The first-order valence-corrected chi connectivity index (χ1v) is 6.66. The molecule has 1 amide bonds. The molecule has 1 aromatic rings. The highest BCUT2D eigenvalue weighted by Crippen LogP contribution is 2.28. The van der Waals surface area contributed by atoms with Gasteiger partial charge < -0.3 is 14.2 Å². The van der Waals surface area contributed by atoms with Gasteiger partial charge in [0.2, 0.25) is 0 Å². The number of hydrogen-bond donors (Lipinski definition) is 0. The predicted molar refractivity (Wildman–Crippen MR) is 72.4 cm³/mol. The highest BCUT2D eigenvalue weighted by molar-refractivity contribution is 5.96. The third kappa shape index (κ3) is 3.26. The number of carbonyl (C=O) groups excluding carboxylic acids is 2. The third-order valence-electron chi connectivity index (χ3n) is 3.20. The Balaban J connectivity index is 2.16. The van der Waals surface area contributed by atoms with Crippen molar-refractivity contribution in [2.24, 2.45) is 7.05 Å². The highest BCUT2D eigenvalue weighted by atomic mass is 16.5. The topological polar surface area (TPSA) is 68.6 Å². The number of hydrogen-bond acceptors (Lipinski definition) is 4. The first kappa shape index (κ1) is 14.3. The summed E-state index contributed by atoms with van der Waals surface area (Å²) in [6.45, 7) is 1.95. The number of rotatable bonds is 5. The minimum atomic E-state index is -0.420. The van der Waals surface area contributed by atoms with Gasteiger partial charge in [-0.1, -0.05) is 0 Å². The van der Waals surface area contributed by atoms with E-state index in [0.717, 1.165) is 12.8 Å². The molecule has 0 bridgehead atoms. The number of esters is 1. The van der Waals surface area contributed by atoms with Crippen LogP contribution in [0.5, 0.6) is 0 Å². The minimum Gasteiger partial charge on any atom is -0.465 e. The number of carbonyl (C=O) groups is 2. The molecule has 0 aromatic carbocycles. The third-order valence-corrected chi connectivity index (χ3v) is 3.20. The van der Waals surface area contributed by atoms with Crippen molar-refractivity contribution < 1.29 is 14.3 Å². The standard InChI is InChI=1S/C14H18N2O4/c1-3-20-13(18)9-16(11-4-5-11)14(19)10-6-7-15(2)12(17)8-10/h6-8,11H,3-5,9H2,1-2H3. The van der Waals surface area contributed by atoms with Gasteiger partial charge in [-0.2, -0.15) is 0 Å². The minimum absolute atomic E-state index is 0.0629. The van der Waals surface area contributed by atoms with Gasteiger partial charge in [0, 0.05) is 30.9 Å². The van der Waals surface area contributed by atoms with Crippen molar-refractivity contribution in [3.63, 3.8) is 0 Å². The second-order valence-corrected chi connectivity index (χ2v) is 4.83. The quantitative estimate of drug-likeness (QED) is 0.738. The molecule has 0 unspecified atom stereocenters. The first-order chi connectivity index (χ1) is 9.52. The van der Waals surface area contributed by atoms with Crippen LogP contribution in [0.15, 0.2) is 23.1 Å². The van der Waals surface area contributed by atoms with Crippen LogP contribution in [0.2, 0.25) is 0 Å². The van der Waals surface area contributed by atoms with E-state index in [4.69, 9.17) is 4.74 Å². The molecule has 2 rings (SSSR count). The van der Waals surface area contributed by atoms with Crippen molar-refractivity contribution in [1.82, 2.24) is 9.47 Å². The van der Waals surface area contributed by atoms with Gasteiger partial charge in [-0.25, -0.2) is 0 Å². The molecule has 6 nitrogen and oxygen atoms in total. The Morgan fingerprint density at radius 3 is 2.70 bits per heavy atom. The maximum absolute atomic E-state index is 12.4. The summed E-state index contributed by atoms with van der Waals surface area (Å²) in [5, 5.41) is 0. The molecule has 1 heterocycles. The van der Waals surface area contributed by atoms with Gasteiger partial charge in [0.05, 0.1) is 6.61 Å². The summed E-state index contributed by atoms with van der Waals surface area (Å²) in [6.07, 6.45) is 3.32. The lowest BCUT2D eigenvalue weighted by molar-refractivity contribution is -0.144. The van der Waals surface area contributed by atoms with Crippen LogP contribution in [-0.4, -0.2) is 40.5 Å². The lowest BCUT2D eigenvalue weighted by Gasteiger charge is -2.21. The number of pyridine rings is 1. The van der Waals surface area contributed by atoms with Crippen LogP contribution in [0.3, 0.4) is 0 Å². The Labute approximate surface area is 116 Å². The van der Waals surface area contributed by atoms with E-state index in [-0.39, 0.29) is 30.7 Å². The van der Waals surface area contributed by atoms with E-state index in [1.165, 1.54) is 15.5 Å². The van der Waals surface area contributed by atoms with E-state index in [1.54, 1.807) is 26.2 Å². The highest BCUT2D eigenvalue weighted by Gasteiger charge is 2.34. The molecule has 1 aliphatic carbocycles. The SMILES string of the molecule is CCOC(=O)CN(C(=O)c1ccn(C)c(=O)c1)C1CC1. The fourth-order valence-electron chi connectivity index (χ4n) is 1.95. The Hall–Kier alpha value is -2.11. The van der Waals surface area contributed by atoms with Crippen LogP contribution >= 0.6 is 0 Å². The summed E-state index contributed by atoms with van der Waals surface area (Å²) in [7, 11) is 1.62. The maximum Gasteiger partial charge on any atom is 0.325 e. The number of ether oxygens (including phenoxy) is 1. The molecule has 20 heavy (non-hydrogen) atoms. The largest absolute Gasteiger partial charge is 0.465 e. The van der Waals surface area contributed by atoms with Gasteiger partial charge in [0.15, 0.2) is 0 Å². The lowest BCUT2D eigenvalue weighted by Crippen LogP contribution is -2.38. The summed E-state index contributed by atoms with van der Waals surface area (Å²) in [5.41, 5.74) is 0.0621. The molecule has 0 aliphatic heterocycles. The van der Waals surface area contributed by atoms with Crippen molar-refractivity contribution >= 4 is 11.9 Å². The summed E-state index contributed by atoms with van der Waals surface area (Å²) >= 11 is 0. The van der Waals surface area contributed by atoms with E-state index < -0.39 is 5.97 Å². The molecule has 1 aromatic heterocycles. The van der Waals surface area contributed by atoms with Crippen LogP contribution < -0.4 is 5.56 Å². The fourth-order valence-corrected chi connectivity index (χ4v) is 1.95. The molecule has 0 N–H and O–H groups in total. The molecule has 0 atom stereocenters. The van der Waals surface area contributed by atoms with Gasteiger partial charge in [-0.15, -0.1) is 0 Å². The van der Waals surface area contributed by atoms with Crippen LogP contribution in [0, 0.1) is 0 Å². The van der Waals surface area contributed by atoms with Crippen LogP contribution in [0.4, 0.5) is 0 Å². The zero-order valence-electron chi connectivity index (χ0n) is 11.7. The molecular formula is C14H18N2O4. The first-order valence-electron chi connectivity index (χ1n) is 6.66. The Bertz CT molecular complexity index is 575.